The Balaban J connectivity index is 2.90. The SMILES string of the molecule is COC(=O)c1[nH]ncc1CC=O. The minimum Gasteiger partial charge on any atom is -0.464 e. The molecule has 0 radical (unpaired) electrons. The zero-order valence-corrected chi connectivity index (χ0v) is 6.53. The lowest BCUT2D eigenvalue weighted by Gasteiger charge is -1.95. The molecule has 0 unspecified atom stereocenters. The summed E-state index contributed by atoms with van der Waals surface area (Å²) in [4.78, 5) is 21.1. The molecule has 0 bridgehead atoms. The van der Waals surface area contributed by atoms with Gasteiger partial charge < -0.3 is 9.53 Å². The van der Waals surface area contributed by atoms with Gasteiger partial charge in [0.15, 0.2) is 0 Å². The third-order valence-corrected chi connectivity index (χ3v) is 1.41. The number of methoxy groups -OCH3 is 1. The van der Waals surface area contributed by atoms with E-state index in [9.17, 15) is 9.59 Å². The van der Waals surface area contributed by atoms with Crippen LogP contribution in [-0.4, -0.2) is 29.6 Å². The molecular formula is C7H8N2O3. The second-order valence-corrected chi connectivity index (χ2v) is 2.13. The number of carbonyl (C=O) groups excluding carboxylic acids is 2. The number of carbonyl (C=O) groups is 2. The van der Waals surface area contributed by atoms with Crippen molar-refractivity contribution in [3.05, 3.63) is 17.5 Å². The number of hydrogen-bond donors (Lipinski definition) is 1. The van der Waals surface area contributed by atoms with Crippen LogP contribution >= 0.6 is 0 Å². The second-order valence-electron chi connectivity index (χ2n) is 2.13. The van der Waals surface area contributed by atoms with Crippen LogP contribution in [0, 0.1) is 0 Å². The van der Waals surface area contributed by atoms with Gasteiger partial charge in [-0.1, -0.05) is 0 Å². The van der Waals surface area contributed by atoms with Gasteiger partial charge in [0.2, 0.25) is 0 Å². The van der Waals surface area contributed by atoms with Crippen molar-refractivity contribution in [2.24, 2.45) is 0 Å². The Bertz CT molecular complexity index is 293. The molecule has 1 N–H and O–H groups in total. The fourth-order valence-corrected chi connectivity index (χ4v) is 0.834. The number of aromatic amines is 1. The van der Waals surface area contributed by atoms with Gasteiger partial charge in [-0.05, 0) is 0 Å². The summed E-state index contributed by atoms with van der Waals surface area (Å²) >= 11 is 0. The molecule has 1 aromatic rings. The summed E-state index contributed by atoms with van der Waals surface area (Å²) in [6, 6.07) is 0. The number of aldehydes is 1. The molecule has 0 fully saturated rings. The van der Waals surface area contributed by atoms with Gasteiger partial charge in [-0.3, -0.25) is 5.10 Å². The molecule has 1 heterocycles. The van der Waals surface area contributed by atoms with E-state index in [-0.39, 0.29) is 12.1 Å². The lowest BCUT2D eigenvalue weighted by atomic mass is 10.2. The summed E-state index contributed by atoms with van der Waals surface area (Å²) in [5.74, 6) is -0.510. The molecule has 64 valence electrons. The normalized spacial score (nSPS) is 9.42. The molecule has 0 amide bonds. The van der Waals surface area contributed by atoms with Crippen LogP contribution in [0.25, 0.3) is 0 Å². The van der Waals surface area contributed by atoms with Crippen molar-refractivity contribution in [1.82, 2.24) is 10.2 Å². The highest BCUT2D eigenvalue weighted by Crippen LogP contribution is 2.05. The predicted octanol–water partition coefficient (Wildman–Crippen LogP) is -0.0623. The van der Waals surface area contributed by atoms with E-state index >= 15 is 0 Å². The molecule has 0 aliphatic rings. The molecule has 0 aliphatic carbocycles. The van der Waals surface area contributed by atoms with E-state index in [1.807, 2.05) is 0 Å². The van der Waals surface area contributed by atoms with E-state index in [2.05, 4.69) is 14.9 Å². The molecule has 1 rings (SSSR count). The van der Waals surface area contributed by atoms with Gasteiger partial charge in [-0.15, -0.1) is 0 Å². The zero-order chi connectivity index (χ0) is 8.97. The molecule has 12 heavy (non-hydrogen) atoms. The van der Waals surface area contributed by atoms with Crippen molar-refractivity contribution in [2.45, 2.75) is 6.42 Å². The molecule has 5 heteroatoms. The summed E-state index contributed by atoms with van der Waals surface area (Å²) in [6.07, 6.45) is 2.30. The van der Waals surface area contributed by atoms with Crippen LogP contribution in [0.4, 0.5) is 0 Å². The second kappa shape index (κ2) is 3.66. The molecule has 1 aromatic heterocycles. The largest absolute Gasteiger partial charge is 0.464 e. The van der Waals surface area contributed by atoms with Gasteiger partial charge in [0, 0.05) is 12.0 Å². The van der Waals surface area contributed by atoms with Gasteiger partial charge in [0.25, 0.3) is 0 Å². The molecular weight excluding hydrogens is 160 g/mol. The summed E-state index contributed by atoms with van der Waals surface area (Å²) in [5.41, 5.74) is 0.793. The fourth-order valence-electron chi connectivity index (χ4n) is 0.834. The van der Waals surface area contributed by atoms with E-state index < -0.39 is 5.97 Å². The predicted molar refractivity (Wildman–Crippen MR) is 39.7 cm³/mol. The third-order valence-electron chi connectivity index (χ3n) is 1.41. The lowest BCUT2D eigenvalue weighted by Crippen LogP contribution is -2.05. The van der Waals surface area contributed by atoms with Crippen molar-refractivity contribution in [1.29, 1.82) is 0 Å². The first-order valence-electron chi connectivity index (χ1n) is 3.33. The Kier molecular flexibility index (Phi) is 2.57. The average Bonchev–Trinajstić information content (AvgIpc) is 2.52. The molecule has 0 saturated carbocycles. The van der Waals surface area contributed by atoms with Crippen LogP contribution in [-0.2, 0) is 16.0 Å². The number of nitrogens with zero attached hydrogens (tertiary/aromatic N) is 1. The molecule has 0 atom stereocenters. The van der Waals surface area contributed by atoms with Crippen LogP contribution < -0.4 is 0 Å². The van der Waals surface area contributed by atoms with Crippen molar-refractivity contribution < 1.29 is 14.3 Å². The molecule has 0 saturated heterocycles. The number of rotatable bonds is 3. The summed E-state index contributed by atoms with van der Waals surface area (Å²) in [5, 5.41) is 6.08. The first-order chi connectivity index (χ1) is 5.79. The van der Waals surface area contributed by atoms with E-state index in [1.54, 1.807) is 0 Å². The van der Waals surface area contributed by atoms with Crippen LogP contribution in [0.15, 0.2) is 6.20 Å². The topological polar surface area (TPSA) is 72.1 Å². The van der Waals surface area contributed by atoms with Crippen LogP contribution in [0.3, 0.4) is 0 Å². The third kappa shape index (κ3) is 1.50. The van der Waals surface area contributed by atoms with Crippen molar-refractivity contribution in [3.63, 3.8) is 0 Å². The van der Waals surface area contributed by atoms with Gasteiger partial charge in [-0.2, -0.15) is 5.10 Å². The summed E-state index contributed by atoms with van der Waals surface area (Å²) < 4.78 is 4.46. The van der Waals surface area contributed by atoms with Gasteiger partial charge in [0.05, 0.1) is 13.3 Å². The molecule has 0 aliphatic heterocycles. The van der Waals surface area contributed by atoms with E-state index in [0.29, 0.717) is 11.8 Å². The minimum atomic E-state index is -0.510. The fraction of sp³-hybridized carbons (Fsp3) is 0.286. The van der Waals surface area contributed by atoms with E-state index in [1.165, 1.54) is 13.3 Å². The number of ether oxygens (including phenoxy) is 1. The monoisotopic (exact) mass is 168 g/mol. The lowest BCUT2D eigenvalue weighted by molar-refractivity contribution is -0.107. The van der Waals surface area contributed by atoms with Gasteiger partial charge in [-0.25, -0.2) is 4.79 Å². The Morgan fingerprint density at radius 1 is 1.83 bits per heavy atom. The first kappa shape index (κ1) is 8.45. The maximum Gasteiger partial charge on any atom is 0.356 e. The maximum absolute atomic E-state index is 11.0. The quantitative estimate of drug-likeness (QED) is 0.506. The van der Waals surface area contributed by atoms with Crippen molar-refractivity contribution in [3.8, 4) is 0 Å². The van der Waals surface area contributed by atoms with E-state index in [0.717, 1.165) is 0 Å². The molecule has 0 aromatic carbocycles. The molecule has 5 nitrogen and oxygen atoms in total. The van der Waals surface area contributed by atoms with E-state index in [4.69, 9.17) is 0 Å². The van der Waals surface area contributed by atoms with Crippen molar-refractivity contribution >= 4 is 12.3 Å². The minimum absolute atomic E-state index is 0.168. The highest BCUT2D eigenvalue weighted by molar-refractivity contribution is 5.89. The van der Waals surface area contributed by atoms with Gasteiger partial charge in [0.1, 0.15) is 12.0 Å². The van der Waals surface area contributed by atoms with Crippen LogP contribution in [0.2, 0.25) is 0 Å². The Morgan fingerprint density at radius 3 is 3.17 bits per heavy atom. The summed E-state index contributed by atoms with van der Waals surface area (Å²) in [6.45, 7) is 0. The Hall–Kier alpha value is -1.65. The first-order valence-corrected chi connectivity index (χ1v) is 3.33. The zero-order valence-electron chi connectivity index (χ0n) is 6.53. The molecule has 0 spiro atoms. The summed E-state index contributed by atoms with van der Waals surface area (Å²) in [7, 11) is 1.27. The highest BCUT2D eigenvalue weighted by Gasteiger charge is 2.12. The highest BCUT2D eigenvalue weighted by atomic mass is 16.5. The average molecular weight is 168 g/mol. The van der Waals surface area contributed by atoms with Crippen LogP contribution in [0.1, 0.15) is 16.1 Å². The Labute approximate surface area is 68.7 Å². The van der Waals surface area contributed by atoms with Crippen molar-refractivity contribution in [2.75, 3.05) is 7.11 Å². The number of aromatic nitrogens is 2. The van der Waals surface area contributed by atoms with Crippen LogP contribution in [0.5, 0.6) is 0 Å². The number of esters is 1. The standard InChI is InChI=1S/C7H8N2O3/c1-12-7(11)6-5(2-3-10)4-8-9-6/h3-4H,2H2,1H3,(H,8,9). The maximum atomic E-state index is 11.0. The van der Waals surface area contributed by atoms with Gasteiger partial charge >= 0.3 is 5.97 Å². The number of nitrogens with one attached hydrogen (secondary N) is 1. The Morgan fingerprint density at radius 2 is 2.58 bits per heavy atom. The smallest absolute Gasteiger partial charge is 0.356 e. The number of hydrogen-bond acceptors (Lipinski definition) is 4. The number of H-pyrrole nitrogens is 1.